The van der Waals surface area contributed by atoms with E-state index >= 15 is 0 Å². The van der Waals surface area contributed by atoms with Crippen LogP contribution < -0.4 is 5.32 Å². The van der Waals surface area contributed by atoms with E-state index in [0.29, 0.717) is 17.3 Å². The van der Waals surface area contributed by atoms with Crippen LogP contribution in [-0.2, 0) is 0 Å². The molecule has 0 unspecified atom stereocenters. The molecule has 2 aromatic heterocycles. The van der Waals surface area contributed by atoms with Crippen molar-refractivity contribution in [1.29, 1.82) is 0 Å². The van der Waals surface area contributed by atoms with Crippen molar-refractivity contribution in [3.8, 4) is 11.5 Å². The SMILES string of the molecule is Cc1cc(C(=O)Nc2ccc(-c3nc4ccccc4o3)cc2)n(C(C)C)n1. The fourth-order valence-corrected chi connectivity index (χ4v) is 2.97. The number of para-hydroxylation sites is 2. The quantitative estimate of drug-likeness (QED) is 0.565. The van der Waals surface area contributed by atoms with Gasteiger partial charge in [-0.25, -0.2) is 4.98 Å². The summed E-state index contributed by atoms with van der Waals surface area (Å²) in [6, 6.07) is 17.0. The standard InChI is InChI=1S/C21H20N4O2/c1-13(2)25-18(12-14(3)24-25)20(26)22-16-10-8-15(9-11-16)21-23-17-6-4-5-7-19(17)27-21/h4-13H,1-3H3,(H,22,26). The molecular formula is C21H20N4O2. The average Bonchev–Trinajstić information content (AvgIpc) is 3.26. The number of anilines is 1. The molecule has 0 saturated heterocycles. The van der Waals surface area contributed by atoms with Crippen LogP contribution in [0.1, 0.15) is 36.1 Å². The molecule has 0 atom stereocenters. The van der Waals surface area contributed by atoms with Gasteiger partial charge in [0.05, 0.1) is 5.69 Å². The first kappa shape index (κ1) is 17.0. The molecule has 6 heteroatoms. The van der Waals surface area contributed by atoms with Crippen LogP contribution in [0, 0.1) is 6.92 Å². The van der Waals surface area contributed by atoms with Gasteiger partial charge in [-0.2, -0.15) is 5.10 Å². The Bertz CT molecular complexity index is 1070. The monoisotopic (exact) mass is 360 g/mol. The van der Waals surface area contributed by atoms with E-state index in [1.54, 1.807) is 10.7 Å². The Hall–Kier alpha value is -3.41. The van der Waals surface area contributed by atoms with Crippen molar-refractivity contribution in [3.05, 3.63) is 66.0 Å². The molecule has 136 valence electrons. The number of fused-ring (bicyclic) bond motifs is 1. The zero-order chi connectivity index (χ0) is 19.0. The lowest BCUT2D eigenvalue weighted by Gasteiger charge is -2.11. The van der Waals surface area contributed by atoms with Gasteiger partial charge in [-0.05, 0) is 63.2 Å². The van der Waals surface area contributed by atoms with Crippen molar-refractivity contribution in [3.63, 3.8) is 0 Å². The molecule has 27 heavy (non-hydrogen) atoms. The molecule has 1 N–H and O–H groups in total. The number of carbonyl (C=O) groups excluding carboxylic acids is 1. The van der Waals surface area contributed by atoms with Gasteiger partial charge < -0.3 is 9.73 Å². The van der Waals surface area contributed by atoms with E-state index in [0.717, 1.165) is 22.4 Å². The van der Waals surface area contributed by atoms with Crippen molar-refractivity contribution in [2.45, 2.75) is 26.8 Å². The van der Waals surface area contributed by atoms with E-state index < -0.39 is 0 Å². The Morgan fingerprint density at radius 1 is 1.11 bits per heavy atom. The van der Waals surface area contributed by atoms with Gasteiger partial charge >= 0.3 is 0 Å². The lowest BCUT2D eigenvalue weighted by molar-refractivity contribution is 0.101. The number of hydrogen-bond donors (Lipinski definition) is 1. The third-order valence-electron chi connectivity index (χ3n) is 4.26. The second-order valence-corrected chi connectivity index (χ2v) is 6.73. The predicted octanol–water partition coefficient (Wildman–Crippen LogP) is 4.83. The lowest BCUT2D eigenvalue weighted by atomic mass is 10.2. The molecule has 0 radical (unpaired) electrons. The van der Waals surface area contributed by atoms with Crippen molar-refractivity contribution in [2.75, 3.05) is 5.32 Å². The molecule has 0 aliphatic carbocycles. The van der Waals surface area contributed by atoms with Gasteiger partial charge in [0, 0.05) is 17.3 Å². The molecule has 4 rings (SSSR count). The minimum atomic E-state index is -0.182. The van der Waals surface area contributed by atoms with Gasteiger partial charge in [-0.1, -0.05) is 12.1 Å². The van der Waals surface area contributed by atoms with Crippen LogP contribution in [0.2, 0.25) is 0 Å². The number of benzene rings is 2. The Balaban J connectivity index is 1.55. The molecule has 0 saturated carbocycles. The summed E-state index contributed by atoms with van der Waals surface area (Å²) < 4.78 is 7.51. The van der Waals surface area contributed by atoms with Gasteiger partial charge in [0.2, 0.25) is 5.89 Å². The topological polar surface area (TPSA) is 73.0 Å². The van der Waals surface area contributed by atoms with E-state index in [1.165, 1.54) is 0 Å². The first-order valence-electron chi connectivity index (χ1n) is 8.85. The third-order valence-corrected chi connectivity index (χ3v) is 4.26. The molecule has 0 aliphatic heterocycles. The summed E-state index contributed by atoms with van der Waals surface area (Å²) in [6.45, 7) is 5.88. The van der Waals surface area contributed by atoms with Crippen LogP contribution in [0.5, 0.6) is 0 Å². The predicted molar refractivity (Wildman–Crippen MR) is 105 cm³/mol. The van der Waals surface area contributed by atoms with Gasteiger partial charge in [0.25, 0.3) is 5.91 Å². The van der Waals surface area contributed by atoms with E-state index in [-0.39, 0.29) is 11.9 Å². The van der Waals surface area contributed by atoms with Crippen LogP contribution in [-0.4, -0.2) is 20.7 Å². The summed E-state index contributed by atoms with van der Waals surface area (Å²) in [5.41, 5.74) is 4.50. The minimum Gasteiger partial charge on any atom is -0.436 e. The molecule has 6 nitrogen and oxygen atoms in total. The molecule has 0 bridgehead atoms. The summed E-state index contributed by atoms with van der Waals surface area (Å²) in [5, 5.41) is 7.30. The maximum atomic E-state index is 12.6. The summed E-state index contributed by atoms with van der Waals surface area (Å²) in [7, 11) is 0. The van der Waals surface area contributed by atoms with Gasteiger partial charge in [-0.3, -0.25) is 9.48 Å². The van der Waals surface area contributed by atoms with Crippen LogP contribution in [0.25, 0.3) is 22.6 Å². The summed E-state index contributed by atoms with van der Waals surface area (Å²) in [4.78, 5) is 17.1. The Morgan fingerprint density at radius 2 is 1.85 bits per heavy atom. The van der Waals surface area contributed by atoms with Crippen molar-refractivity contribution in [1.82, 2.24) is 14.8 Å². The molecular weight excluding hydrogens is 340 g/mol. The molecule has 2 aromatic carbocycles. The highest BCUT2D eigenvalue weighted by molar-refractivity contribution is 6.03. The fourth-order valence-electron chi connectivity index (χ4n) is 2.97. The van der Waals surface area contributed by atoms with Crippen molar-refractivity contribution >= 4 is 22.7 Å². The Morgan fingerprint density at radius 3 is 2.56 bits per heavy atom. The second-order valence-electron chi connectivity index (χ2n) is 6.73. The van der Waals surface area contributed by atoms with Crippen LogP contribution in [0.3, 0.4) is 0 Å². The number of oxazole rings is 1. The summed E-state index contributed by atoms with van der Waals surface area (Å²) in [5.74, 6) is 0.376. The van der Waals surface area contributed by atoms with Crippen molar-refractivity contribution in [2.24, 2.45) is 0 Å². The van der Waals surface area contributed by atoms with Gasteiger partial charge in [0.1, 0.15) is 11.2 Å². The number of aryl methyl sites for hydroxylation is 1. The molecule has 0 aliphatic rings. The zero-order valence-electron chi connectivity index (χ0n) is 15.4. The smallest absolute Gasteiger partial charge is 0.273 e. The molecule has 0 spiro atoms. The number of rotatable bonds is 4. The second kappa shape index (κ2) is 6.72. The number of nitrogens with zero attached hydrogens (tertiary/aromatic N) is 3. The number of carbonyl (C=O) groups is 1. The molecule has 4 aromatic rings. The van der Waals surface area contributed by atoms with E-state index in [4.69, 9.17) is 4.42 Å². The number of amides is 1. The first-order chi connectivity index (χ1) is 13.0. The number of hydrogen-bond acceptors (Lipinski definition) is 4. The Labute approximate surface area is 156 Å². The zero-order valence-corrected chi connectivity index (χ0v) is 15.4. The molecule has 1 amide bonds. The highest BCUT2D eigenvalue weighted by Crippen LogP contribution is 2.25. The van der Waals surface area contributed by atoms with E-state index in [2.05, 4.69) is 15.4 Å². The van der Waals surface area contributed by atoms with Gasteiger partial charge in [0.15, 0.2) is 5.58 Å². The van der Waals surface area contributed by atoms with Crippen LogP contribution in [0.4, 0.5) is 5.69 Å². The van der Waals surface area contributed by atoms with Crippen LogP contribution in [0.15, 0.2) is 59.0 Å². The Kier molecular flexibility index (Phi) is 4.24. The highest BCUT2D eigenvalue weighted by atomic mass is 16.3. The fraction of sp³-hybridized carbons (Fsp3) is 0.190. The van der Waals surface area contributed by atoms with Crippen LogP contribution >= 0.6 is 0 Å². The van der Waals surface area contributed by atoms with Gasteiger partial charge in [-0.15, -0.1) is 0 Å². The highest BCUT2D eigenvalue weighted by Gasteiger charge is 2.16. The van der Waals surface area contributed by atoms with E-state index in [9.17, 15) is 4.79 Å². The number of aromatic nitrogens is 3. The molecule has 0 fully saturated rings. The molecule has 2 heterocycles. The third kappa shape index (κ3) is 3.33. The average molecular weight is 360 g/mol. The normalized spacial score (nSPS) is 11.3. The lowest BCUT2D eigenvalue weighted by Crippen LogP contribution is -2.18. The maximum absolute atomic E-state index is 12.6. The maximum Gasteiger partial charge on any atom is 0.273 e. The van der Waals surface area contributed by atoms with Crippen molar-refractivity contribution < 1.29 is 9.21 Å². The summed E-state index contributed by atoms with van der Waals surface area (Å²) in [6.07, 6.45) is 0. The first-order valence-corrected chi connectivity index (χ1v) is 8.85. The largest absolute Gasteiger partial charge is 0.436 e. The van der Waals surface area contributed by atoms with E-state index in [1.807, 2.05) is 69.3 Å². The minimum absolute atomic E-state index is 0.112. The summed E-state index contributed by atoms with van der Waals surface area (Å²) >= 11 is 0. The number of nitrogens with one attached hydrogen (secondary N) is 1.